The smallest absolute Gasteiger partial charge is 0.0973 e. The van der Waals surface area contributed by atoms with Gasteiger partial charge in [-0.2, -0.15) is 0 Å². The molecule has 0 atom stereocenters. The lowest BCUT2D eigenvalue weighted by Gasteiger charge is -2.36. The summed E-state index contributed by atoms with van der Waals surface area (Å²) in [5, 5.41) is 0. The van der Waals surface area contributed by atoms with E-state index >= 15 is 0 Å². The summed E-state index contributed by atoms with van der Waals surface area (Å²) in [5.74, 6) is 0. The number of likely N-dealkylation sites (N-methyl/N-ethyl adjacent to an activating group) is 1. The Bertz CT molecular complexity index is 144. The molecule has 0 aromatic rings. The van der Waals surface area contributed by atoms with Crippen molar-refractivity contribution < 1.29 is 16.9 Å². The van der Waals surface area contributed by atoms with Crippen LogP contribution in [-0.4, -0.2) is 30.7 Å². The van der Waals surface area contributed by atoms with Gasteiger partial charge in [0.15, 0.2) is 0 Å². The summed E-state index contributed by atoms with van der Waals surface area (Å²) < 4.78 is 1.13. The Kier molecular flexibility index (Phi) is 10.7. The van der Waals surface area contributed by atoms with Crippen LogP contribution in [0.4, 0.5) is 0 Å². The number of nitrogens with zero attached hydrogens (tertiary/aromatic N) is 1. The number of quaternary nitrogens is 1. The standard InChI is InChI=1S/C12H24N.ClH/c1-5-9-12-13(8-4,10-6-2)11-7-3;/h6-7H,2-3,5,8-12H2,1,4H3;1H/q+1;/p-1. The van der Waals surface area contributed by atoms with Gasteiger partial charge in [0, 0.05) is 0 Å². The fourth-order valence-corrected chi connectivity index (χ4v) is 1.71. The third-order valence-electron chi connectivity index (χ3n) is 2.69. The molecule has 84 valence electrons. The predicted molar refractivity (Wildman–Crippen MR) is 60.7 cm³/mol. The van der Waals surface area contributed by atoms with Crippen molar-refractivity contribution in [2.24, 2.45) is 0 Å². The second kappa shape index (κ2) is 9.29. The quantitative estimate of drug-likeness (QED) is 0.397. The summed E-state index contributed by atoms with van der Waals surface area (Å²) in [6.45, 7) is 16.7. The molecule has 0 aromatic carbocycles. The minimum Gasteiger partial charge on any atom is -1.00 e. The van der Waals surface area contributed by atoms with Crippen LogP contribution in [0.1, 0.15) is 26.7 Å². The van der Waals surface area contributed by atoms with Crippen molar-refractivity contribution in [1.82, 2.24) is 0 Å². The molecule has 0 spiro atoms. The number of rotatable bonds is 8. The molecule has 0 saturated heterocycles. The average Bonchev–Trinajstić information content (AvgIpc) is 2.15. The van der Waals surface area contributed by atoms with Gasteiger partial charge in [0.25, 0.3) is 0 Å². The molecule has 0 amide bonds. The van der Waals surface area contributed by atoms with Crippen LogP contribution >= 0.6 is 0 Å². The zero-order chi connectivity index (χ0) is 10.2. The molecule has 0 aliphatic heterocycles. The molecular weight excluding hydrogens is 194 g/mol. The number of unbranched alkanes of at least 4 members (excludes halogenated alkanes) is 1. The van der Waals surface area contributed by atoms with Crippen LogP contribution in [0.5, 0.6) is 0 Å². The van der Waals surface area contributed by atoms with Crippen LogP contribution in [0.3, 0.4) is 0 Å². The van der Waals surface area contributed by atoms with Crippen molar-refractivity contribution >= 4 is 0 Å². The maximum absolute atomic E-state index is 3.83. The molecule has 0 aliphatic carbocycles. The highest BCUT2D eigenvalue weighted by Crippen LogP contribution is 2.09. The van der Waals surface area contributed by atoms with Crippen LogP contribution in [0, 0.1) is 0 Å². The second-order valence-corrected chi connectivity index (χ2v) is 3.68. The fourth-order valence-electron chi connectivity index (χ4n) is 1.71. The van der Waals surface area contributed by atoms with E-state index in [2.05, 4.69) is 27.0 Å². The monoisotopic (exact) mass is 217 g/mol. The lowest BCUT2D eigenvalue weighted by atomic mass is 10.2. The molecule has 0 N–H and O–H groups in total. The Morgan fingerprint density at radius 1 is 1.07 bits per heavy atom. The lowest BCUT2D eigenvalue weighted by molar-refractivity contribution is -0.915. The van der Waals surface area contributed by atoms with Gasteiger partial charge in [-0.05, 0) is 25.5 Å². The van der Waals surface area contributed by atoms with Crippen molar-refractivity contribution in [3.05, 3.63) is 25.3 Å². The molecule has 14 heavy (non-hydrogen) atoms. The van der Waals surface area contributed by atoms with E-state index in [4.69, 9.17) is 0 Å². The van der Waals surface area contributed by atoms with Crippen molar-refractivity contribution in [2.75, 3.05) is 26.2 Å². The molecule has 0 rings (SSSR count). The van der Waals surface area contributed by atoms with E-state index in [-0.39, 0.29) is 12.4 Å². The van der Waals surface area contributed by atoms with Gasteiger partial charge >= 0.3 is 0 Å². The summed E-state index contributed by atoms with van der Waals surface area (Å²) in [5.41, 5.74) is 0. The van der Waals surface area contributed by atoms with Gasteiger partial charge < -0.3 is 16.9 Å². The van der Waals surface area contributed by atoms with Crippen molar-refractivity contribution in [2.45, 2.75) is 26.7 Å². The van der Waals surface area contributed by atoms with Gasteiger partial charge in [-0.1, -0.05) is 26.5 Å². The highest BCUT2D eigenvalue weighted by Gasteiger charge is 2.20. The zero-order valence-corrected chi connectivity index (χ0v) is 10.4. The van der Waals surface area contributed by atoms with E-state index in [9.17, 15) is 0 Å². The number of hydrogen-bond donors (Lipinski definition) is 0. The van der Waals surface area contributed by atoms with E-state index < -0.39 is 0 Å². The Morgan fingerprint density at radius 2 is 1.57 bits per heavy atom. The summed E-state index contributed by atoms with van der Waals surface area (Å²) in [7, 11) is 0. The summed E-state index contributed by atoms with van der Waals surface area (Å²) in [6.07, 6.45) is 6.63. The number of halogens is 1. The molecule has 0 aliphatic rings. The SMILES string of the molecule is C=CC[N+](CC)(CC=C)CCCC.[Cl-]. The Balaban J connectivity index is 0. The van der Waals surface area contributed by atoms with Gasteiger partial charge in [-0.25, -0.2) is 0 Å². The second-order valence-electron chi connectivity index (χ2n) is 3.68. The fraction of sp³-hybridized carbons (Fsp3) is 0.667. The zero-order valence-electron chi connectivity index (χ0n) is 9.64. The van der Waals surface area contributed by atoms with Gasteiger partial charge in [-0.15, -0.1) is 0 Å². The van der Waals surface area contributed by atoms with E-state index in [1.165, 1.54) is 25.9 Å². The van der Waals surface area contributed by atoms with E-state index in [1.54, 1.807) is 0 Å². The Labute approximate surface area is 95.5 Å². The molecule has 0 unspecified atom stereocenters. The molecule has 0 aromatic heterocycles. The third kappa shape index (κ3) is 5.46. The first-order chi connectivity index (χ1) is 6.24. The van der Waals surface area contributed by atoms with E-state index in [0.29, 0.717) is 0 Å². The highest BCUT2D eigenvalue weighted by atomic mass is 35.5. The Hall–Kier alpha value is -0.270. The predicted octanol–water partition coefficient (Wildman–Crippen LogP) is -0.000800. The third-order valence-corrected chi connectivity index (χ3v) is 2.69. The summed E-state index contributed by atoms with van der Waals surface area (Å²) in [6, 6.07) is 0. The van der Waals surface area contributed by atoms with Crippen LogP contribution in [0.15, 0.2) is 25.3 Å². The van der Waals surface area contributed by atoms with Crippen molar-refractivity contribution in [3.63, 3.8) is 0 Å². The minimum absolute atomic E-state index is 0. The van der Waals surface area contributed by atoms with Crippen LogP contribution in [0.2, 0.25) is 0 Å². The first-order valence-electron chi connectivity index (χ1n) is 5.31. The minimum atomic E-state index is 0. The topological polar surface area (TPSA) is 0 Å². The van der Waals surface area contributed by atoms with Crippen molar-refractivity contribution in [3.8, 4) is 0 Å². The highest BCUT2D eigenvalue weighted by molar-refractivity contribution is 4.71. The molecule has 0 heterocycles. The number of hydrogen-bond acceptors (Lipinski definition) is 0. The maximum atomic E-state index is 3.83. The first-order valence-corrected chi connectivity index (χ1v) is 5.31. The molecule has 0 fully saturated rings. The molecular formula is C12H24ClN. The van der Waals surface area contributed by atoms with Gasteiger partial charge in [0.1, 0.15) is 0 Å². The summed E-state index contributed by atoms with van der Waals surface area (Å²) in [4.78, 5) is 0. The van der Waals surface area contributed by atoms with Crippen molar-refractivity contribution in [1.29, 1.82) is 0 Å². The van der Waals surface area contributed by atoms with E-state index in [1.807, 2.05) is 12.2 Å². The summed E-state index contributed by atoms with van der Waals surface area (Å²) >= 11 is 0. The van der Waals surface area contributed by atoms with Crippen LogP contribution < -0.4 is 12.4 Å². The normalized spacial score (nSPS) is 10.4. The largest absolute Gasteiger partial charge is 1.00 e. The Morgan fingerprint density at radius 3 is 1.86 bits per heavy atom. The van der Waals surface area contributed by atoms with E-state index in [0.717, 1.165) is 17.6 Å². The molecule has 0 bridgehead atoms. The first kappa shape index (κ1) is 16.2. The van der Waals surface area contributed by atoms with Crippen LogP contribution in [-0.2, 0) is 0 Å². The lowest BCUT2D eigenvalue weighted by Crippen LogP contribution is -3.00. The molecule has 0 saturated carbocycles. The van der Waals surface area contributed by atoms with Gasteiger partial charge in [-0.3, -0.25) is 0 Å². The molecule has 1 nitrogen and oxygen atoms in total. The molecule has 0 radical (unpaired) electrons. The molecule has 2 heteroatoms. The average molecular weight is 218 g/mol. The van der Waals surface area contributed by atoms with Gasteiger partial charge in [0.05, 0.1) is 26.2 Å². The van der Waals surface area contributed by atoms with Gasteiger partial charge in [0.2, 0.25) is 0 Å². The van der Waals surface area contributed by atoms with Crippen LogP contribution in [0.25, 0.3) is 0 Å². The maximum Gasteiger partial charge on any atom is 0.0973 e.